The highest BCUT2D eigenvalue weighted by atomic mass is 32.2. The van der Waals surface area contributed by atoms with Crippen molar-refractivity contribution in [3.8, 4) is 0 Å². The Morgan fingerprint density at radius 3 is 2.17 bits per heavy atom. The second kappa shape index (κ2) is 8.79. The lowest BCUT2D eigenvalue weighted by atomic mass is 10.2. The Morgan fingerprint density at radius 2 is 1.62 bits per heavy atom. The van der Waals surface area contributed by atoms with Crippen molar-refractivity contribution in [1.82, 2.24) is 4.90 Å². The number of hydrogen-bond donors (Lipinski definition) is 1. The Kier molecular flexibility index (Phi) is 6.39. The van der Waals surface area contributed by atoms with Gasteiger partial charge in [-0.2, -0.15) is 0 Å². The average Bonchev–Trinajstić information content (AvgIpc) is 2.67. The van der Waals surface area contributed by atoms with E-state index in [4.69, 9.17) is 0 Å². The Balaban J connectivity index is 1.65. The number of carbonyl (C=O) groups excluding carboxylic acids is 1. The summed E-state index contributed by atoms with van der Waals surface area (Å²) in [6.07, 6.45) is 1.01. The van der Waals surface area contributed by atoms with Gasteiger partial charge in [-0.3, -0.25) is 9.10 Å². The van der Waals surface area contributed by atoms with Gasteiger partial charge in [0, 0.05) is 37.6 Å². The first-order valence-corrected chi connectivity index (χ1v) is 11.1. The molecule has 0 aliphatic carbocycles. The van der Waals surface area contributed by atoms with Crippen LogP contribution in [0.2, 0.25) is 0 Å². The number of carbonyl (C=O) groups is 1. The highest BCUT2D eigenvalue weighted by Gasteiger charge is 2.21. The molecule has 0 bridgehead atoms. The standard InChI is InChI=1S/C20H25FN4O3S/c1-23-11-13-24(14-12-23)18-9-5-17(6-10-18)22-20(26)15-25(29(2,27)28)19-7-3-16(21)4-8-19/h3-10H,11-15H2,1-2H3,(H,22,26). The smallest absolute Gasteiger partial charge is 0.245 e. The molecule has 2 aromatic rings. The van der Waals surface area contributed by atoms with Gasteiger partial charge in [0.25, 0.3) is 0 Å². The summed E-state index contributed by atoms with van der Waals surface area (Å²) in [5.74, 6) is -0.959. The van der Waals surface area contributed by atoms with E-state index in [9.17, 15) is 17.6 Å². The summed E-state index contributed by atoms with van der Waals surface area (Å²) in [4.78, 5) is 17.0. The number of likely N-dealkylation sites (N-methyl/N-ethyl adjacent to an activating group) is 1. The molecule has 1 saturated heterocycles. The van der Waals surface area contributed by atoms with Crippen molar-refractivity contribution in [3.63, 3.8) is 0 Å². The Morgan fingerprint density at radius 1 is 1.03 bits per heavy atom. The number of amides is 1. The molecular weight excluding hydrogens is 395 g/mol. The van der Waals surface area contributed by atoms with Gasteiger partial charge >= 0.3 is 0 Å². The molecule has 0 saturated carbocycles. The van der Waals surface area contributed by atoms with Crippen molar-refractivity contribution in [3.05, 3.63) is 54.3 Å². The van der Waals surface area contributed by atoms with Crippen LogP contribution in [0.5, 0.6) is 0 Å². The quantitative estimate of drug-likeness (QED) is 0.774. The number of sulfonamides is 1. The lowest BCUT2D eigenvalue weighted by Gasteiger charge is -2.34. The summed E-state index contributed by atoms with van der Waals surface area (Å²) in [5.41, 5.74) is 1.90. The summed E-state index contributed by atoms with van der Waals surface area (Å²) in [6, 6.07) is 12.4. The van der Waals surface area contributed by atoms with Crippen molar-refractivity contribution < 1.29 is 17.6 Å². The molecule has 0 spiro atoms. The van der Waals surface area contributed by atoms with Gasteiger partial charge in [0.2, 0.25) is 15.9 Å². The van der Waals surface area contributed by atoms with Gasteiger partial charge in [0.15, 0.2) is 0 Å². The Bertz CT molecular complexity index is 941. The van der Waals surface area contributed by atoms with Gasteiger partial charge in [-0.1, -0.05) is 0 Å². The lowest BCUT2D eigenvalue weighted by molar-refractivity contribution is -0.114. The minimum absolute atomic E-state index is 0.231. The first-order valence-electron chi connectivity index (χ1n) is 9.29. The van der Waals surface area contributed by atoms with Gasteiger partial charge in [-0.05, 0) is 55.6 Å². The van der Waals surface area contributed by atoms with Crippen molar-refractivity contribution in [2.24, 2.45) is 0 Å². The van der Waals surface area contributed by atoms with Crippen LogP contribution in [-0.4, -0.2) is 65.3 Å². The third-order valence-electron chi connectivity index (χ3n) is 4.82. The number of halogens is 1. The average molecular weight is 421 g/mol. The summed E-state index contributed by atoms with van der Waals surface area (Å²) >= 11 is 0. The van der Waals surface area contributed by atoms with Gasteiger partial charge in [-0.25, -0.2) is 12.8 Å². The Hall–Kier alpha value is -2.65. The monoisotopic (exact) mass is 420 g/mol. The SMILES string of the molecule is CN1CCN(c2ccc(NC(=O)CN(c3ccc(F)cc3)S(C)(=O)=O)cc2)CC1. The fourth-order valence-electron chi connectivity index (χ4n) is 3.16. The number of nitrogens with zero attached hydrogens (tertiary/aromatic N) is 3. The zero-order valence-corrected chi connectivity index (χ0v) is 17.3. The molecule has 0 unspecified atom stereocenters. The zero-order valence-electron chi connectivity index (χ0n) is 16.5. The zero-order chi connectivity index (χ0) is 21.0. The van der Waals surface area contributed by atoms with Gasteiger partial charge in [0.05, 0.1) is 11.9 Å². The molecule has 0 radical (unpaired) electrons. The molecule has 0 atom stereocenters. The molecule has 1 N–H and O–H groups in total. The van der Waals surface area contributed by atoms with Gasteiger partial charge in [0.1, 0.15) is 12.4 Å². The minimum atomic E-state index is -3.70. The molecule has 3 rings (SSSR count). The third kappa shape index (κ3) is 5.68. The number of nitrogens with one attached hydrogen (secondary N) is 1. The van der Waals surface area contributed by atoms with Crippen LogP contribution in [0.25, 0.3) is 0 Å². The van der Waals surface area contributed by atoms with Crippen LogP contribution in [0.15, 0.2) is 48.5 Å². The van der Waals surface area contributed by atoms with E-state index in [2.05, 4.69) is 22.2 Å². The van der Waals surface area contributed by atoms with E-state index in [1.54, 1.807) is 12.1 Å². The molecule has 29 heavy (non-hydrogen) atoms. The highest BCUT2D eigenvalue weighted by Crippen LogP contribution is 2.21. The van der Waals surface area contributed by atoms with Gasteiger partial charge in [-0.15, -0.1) is 0 Å². The fraction of sp³-hybridized carbons (Fsp3) is 0.350. The van der Waals surface area contributed by atoms with Crippen molar-refractivity contribution >= 4 is 33.0 Å². The van der Waals surface area contributed by atoms with Crippen LogP contribution in [0.1, 0.15) is 0 Å². The van der Waals surface area contributed by atoms with E-state index in [1.807, 2.05) is 12.1 Å². The van der Waals surface area contributed by atoms with Crippen LogP contribution >= 0.6 is 0 Å². The minimum Gasteiger partial charge on any atom is -0.369 e. The van der Waals surface area contributed by atoms with Crippen LogP contribution < -0.4 is 14.5 Å². The molecule has 1 amide bonds. The second-order valence-electron chi connectivity index (χ2n) is 7.13. The van der Waals surface area contributed by atoms with E-state index >= 15 is 0 Å². The highest BCUT2D eigenvalue weighted by molar-refractivity contribution is 7.92. The topological polar surface area (TPSA) is 73.0 Å². The van der Waals surface area contributed by atoms with E-state index in [1.165, 1.54) is 12.1 Å². The molecule has 156 valence electrons. The maximum atomic E-state index is 13.1. The largest absolute Gasteiger partial charge is 0.369 e. The van der Waals surface area contributed by atoms with E-state index in [0.717, 1.165) is 54.6 Å². The molecule has 1 heterocycles. The molecule has 7 nitrogen and oxygen atoms in total. The maximum Gasteiger partial charge on any atom is 0.245 e. The van der Waals surface area contributed by atoms with Crippen molar-refractivity contribution in [1.29, 1.82) is 0 Å². The first kappa shape index (κ1) is 21.1. The van der Waals surface area contributed by atoms with Crippen molar-refractivity contribution in [2.75, 3.05) is 60.5 Å². The molecule has 9 heteroatoms. The third-order valence-corrected chi connectivity index (χ3v) is 5.96. The summed E-state index contributed by atoms with van der Waals surface area (Å²) in [7, 11) is -1.61. The number of benzene rings is 2. The maximum absolute atomic E-state index is 13.1. The van der Waals surface area contributed by atoms with E-state index in [-0.39, 0.29) is 5.69 Å². The number of hydrogen-bond acceptors (Lipinski definition) is 5. The predicted octanol–water partition coefficient (Wildman–Crippen LogP) is 1.98. The lowest BCUT2D eigenvalue weighted by Crippen LogP contribution is -2.44. The molecule has 1 fully saturated rings. The summed E-state index contributed by atoms with van der Waals surface area (Å²) < 4.78 is 38.3. The normalized spacial score (nSPS) is 15.2. The van der Waals surface area contributed by atoms with Crippen LogP contribution in [0.4, 0.5) is 21.5 Å². The fourth-order valence-corrected chi connectivity index (χ4v) is 4.01. The van der Waals surface area contributed by atoms with Crippen molar-refractivity contribution in [2.45, 2.75) is 0 Å². The predicted molar refractivity (Wildman–Crippen MR) is 113 cm³/mol. The summed E-state index contributed by atoms with van der Waals surface area (Å²) in [6.45, 7) is 3.50. The van der Waals surface area contributed by atoms with E-state index < -0.39 is 28.3 Å². The number of piperazine rings is 1. The number of rotatable bonds is 6. The van der Waals surface area contributed by atoms with Crippen LogP contribution in [-0.2, 0) is 14.8 Å². The second-order valence-corrected chi connectivity index (χ2v) is 9.04. The first-order chi connectivity index (χ1) is 13.7. The van der Waals surface area contributed by atoms with E-state index in [0.29, 0.717) is 5.69 Å². The van der Waals surface area contributed by atoms with Crippen LogP contribution in [0, 0.1) is 5.82 Å². The van der Waals surface area contributed by atoms with Gasteiger partial charge < -0.3 is 15.1 Å². The summed E-state index contributed by atoms with van der Waals surface area (Å²) in [5, 5.41) is 2.72. The molecular formula is C20H25FN4O3S. The van der Waals surface area contributed by atoms with Crippen LogP contribution in [0.3, 0.4) is 0 Å². The number of anilines is 3. The molecule has 0 aromatic heterocycles. The molecule has 1 aliphatic heterocycles. The molecule has 1 aliphatic rings. The molecule has 2 aromatic carbocycles. The Labute approximate surface area is 170 Å².